The molecule has 1 amide bonds. The molecule has 1 aromatic carbocycles. The topological polar surface area (TPSA) is 52.2 Å². The van der Waals surface area contributed by atoms with Gasteiger partial charge in [0.25, 0.3) is 5.91 Å². The van der Waals surface area contributed by atoms with Gasteiger partial charge in [-0.2, -0.15) is 10.1 Å². The fourth-order valence-electron chi connectivity index (χ4n) is 2.26. The summed E-state index contributed by atoms with van der Waals surface area (Å²) in [5.41, 5.74) is 1.01. The molecule has 2 aromatic heterocycles. The van der Waals surface area contributed by atoms with E-state index in [9.17, 15) is 9.18 Å². The fraction of sp³-hybridized carbons (Fsp3) is 0.235. The molecule has 0 atom stereocenters. The normalized spacial score (nSPS) is 12.0. The Morgan fingerprint density at radius 2 is 2.25 bits per heavy atom. The van der Waals surface area contributed by atoms with Crippen LogP contribution in [0.3, 0.4) is 0 Å². The zero-order valence-corrected chi connectivity index (χ0v) is 14.0. The predicted molar refractivity (Wildman–Crippen MR) is 91.1 cm³/mol. The van der Waals surface area contributed by atoms with E-state index in [1.54, 1.807) is 27.6 Å². The molecule has 7 heteroatoms. The van der Waals surface area contributed by atoms with Gasteiger partial charge in [0.2, 0.25) is 0 Å². The van der Waals surface area contributed by atoms with Gasteiger partial charge in [0.1, 0.15) is 5.82 Å². The van der Waals surface area contributed by atoms with Gasteiger partial charge < -0.3 is 4.57 Å². The Bertz CT molecular complexity index is 1020. The maximum atomic E-state index is 13.4. The fourth-order valence-corrected chi connectivity index (χ4v) is 3.31. The zero-order chi connectivity index (χ0) is 17.3. The maximum absolute atomic E-state index is 13.4. The summed E-state index contributed by atoms with van der Waals surface area (Å²) in [6.07, 6.45) is 7.14. The second kappa shape index (κ2) is 6.42. The van der Waals surface area contributed by atoms with Crippen molar-refractivity contribution in [3.8, 4) is 12.3 Å². The van der Waals surface area contributed by atoms with Crippen molar-refractivity contribution < 1.29 is 9.18 Å². The van der Waals surface area contributed by atoms with Gasteiger partial charge in [-0.1, -0.05) is 17.3 Å². The number of hydrogen-bond acceptors (Lipinski definition) is 3. The minimum Gasteiger partial charge on any atom is -0.305 e. The Morgan fingerprint density at radius 3 is 2.92 bits per heavy atom. The van der Waals surface area contributed by atoms with E-state index in [0.717, 1.165) is 5.52 Å². The molecule has 0 aliphatic carbocycles. The number of amides is 1. The number of aromatic nitrogens is 3. The summed E-state index contributed by atoms with van der Waals surface area (Å²) in [6.45, 7) is 4.19. The largest absolute Gasteiger partial charge is 0.305 e. The summed E-state index contributed by atoms with van der Waals surface area (Å²) < 4.78 is 17.5. The van der Waals surface area contributed by atoms with Crippen molar-refractivity contribution in [1.29, 1.82) is 0 Å². The highest BCUT2D eigenvalue weighted by Gasteiger charge is 2.12. The zero-order valence-electron chi connectivity index (χ0n) is 13.2. The third kappa shape index (κ3) is 3.01. The number of halogens is 1. The average Bonchev–Trinajstić information content (AvgIpc) is 3.13. The van der Waals surface area contributed by atoms with Crippen LogP contribution in [0.25, 0.3) is 10.2 Å². The van der Waals surface area contributed by atoms with Gasteiger partial charge >= 0.3 is 0 Å². The lowest BCUT2D eigenvalue weighted by molar-refractivity contribution is 0.0992. The molecule has 122 valence electrons. The molecule has 0 saturated heterocycles. The van der Waals surface area contributed by atoms with Crippen LogP contribution in [0.2, 0.25) is 0 Å². The average molecular weight is 342 g/mol. The van der Waals surface area contributed by atoms with Crippen molar-refractivity contribution >= 4 is 27.5 Å². The first kappa shape index (κ1) is 16.1. The lowest BCUT2D eigenvalue weighted by Crippen LogP contribution is -2.16. The van der Waals surface area contributed by atoms with Crippen molar-refractivity contribution in [3.05, 3.63) is 46.8 Å². The van der Waals surface area contributed by atoms with Crippen molar-refractivity contribution in [2.45, 2.75) is 26.4 Å². The van der Waals surface area contributed by atoms with Crippen LogP contribution in [-0.4, -0.2) is 20.3 Å². The van der Waals surface area contributed by atoms with Crippen LogP contribution >= 0.6 is 11.3 Å². The van der Waals surface area contributed by atoms with E-state index < -0.39 is 5.91 Å². The van der Waals surface area contributed by atoms with Gasteiger partial charge in [-0.15, -0.1) is 6.42 Å². The number of rotatable bonds is 3. The molecule has 0 fully saturated rings. The molecule has 0 N–H and O–H groups in total. The van der Waals surface area contributed by atoms with E-state index in [4.69, 9.17) is 6.42 Å². The number of thiazole rings is 1. The highest BCUT2D eigenvalue weighted by molar-refractivity contribution is 7.16. The van der Waals surface area contributed by atoms with Crippen LogP contribution < -0.4 is 4.80 Å². The van der Waals surface area contributed by atoms with E-state index >= 15 is 0 Å². The number of carbonyl (C=O) groups excluding carboxylic acids is 1. The van der Waals surface area contributed by atoms with Crippen LogP contribution in [0.1, 0.15) is 30.4 Å². The molecular weight excluding hydrogens is 327 g/mol. The number of nitrogens with zero attached hydrogens (tertiary/aromatic N) is 4. The van der Waals surface area contributed by atoms with Crippen LogP contribution in [-0.2, 0) is 6.54 Å². The molecule has 0 unspecified atom stereocenters. The summed E-state index contributed by atoms with van der Waals surface area (Å²) in [6, 6.07) is 6.19. The van der Waals surface area contributed by atoms with Crippen LogP contribution in [0.5, 0.6) is 0 Å². The van der Waals surface area contributed by atoms with Crippen LogP contribution in [0.15, 0.2) is 35.5 Å². The smallest absolute Gasteiger partial charge is 0.300 e. The highest BCUT2D eigenvalue weighted by Crippen LogP contribution is 2.18. The molecular formula is C17H15FN4OS. The van der Waals surface area contributed by atoms with E-state index in [-0.39, 0.29) is 24.1 Å². The maximum Gasteiger partial charge on any atom is 0.300 e. The van der Waals surface area contributed by atoms with Crippen molar-refractivity contribution in [1.82, 2.24) is 14.3 Å². The van der Waals surface area contributed by atoms with Gasteiger partial charge in [0.05, 0.1) is 16.8 Å². The van der Waals surface area contributed by atoms with Gasteiger partial charge in [-0.05, 0) is 38.1 Å². The first-order valence-electron chi connectivity index (χ1n) is 7.36. The number of benzene rings is 1. The summed E-state index contributed by atoms with van der Waals surface area (Å²) >= 11 is 1.22. The minimum absolute atomic E-state index is 0.158. The molecule has 3 aromatic rings. The van der Waals surface area contributed by atoms with E-state index in [1.165, 1.54) is 23.5 Å². The molecule has 2 heterocycles. The lowest BCUT2D eigenvalue weighted by atomic mass is 10.3. The molecule has 0 bridgehead atoms. The van der Waals surface area contributed by atoms with Gasteiger partial charge in [0, 0.05) is 12.2 Å². The molecule has 0 saturated carbocycles. The van der Waals surface area contributed by atoms with Crippen molar-refractivity contribution in [2.24, 2.45) is 4.99 Å². The Kier molecular flexibility index (Phi) is 4.32. The van der Waals surface area contributed by atoms with E-state index in [0.29, 0.717) is 9.50 Å². The second-order valence-electron chi connectivity index (χ2n) is 5.48. The number of fused-ring (bicyclic) bond motifs is 1. The molecule has 0 aliphatic heterocycles. The standard InChI is InChI=1S/C17H15FN4OS/c1-4-8-21-14-6-5-12(18)10-15(14)24-17(21)19-16(23)13-7-9-22(20-13)11(2)3/h1,5-7,9-11H,8H2,2-3H3. The minimum atomic E-state index is -0.452. The Labute approximate surface area is 142 Å². The Morgan fingerprint density at radius 1 is 1.46 bits per heavy atom. The number of carbonyl (C=O) groups is 1. The highest BCUT2D eigenvalue weighted by atomic mass is 32.1. The van der Waals surface area contributed by atoms with Crippen LogP contribution in [0, 0.1) is 18.2 Å². The quantitative estimate of drug-likeness (QED) is 0.687. The van der Waals surface area contributed by atoms with Gasteiger partial charge in [-0.3, -0.25) is 9.48 Å². The summed E-state index contributed by atoms with van der Waals surface area (Å²) in [4.78, 5) is 16.9. The molecule has 5 nitrogen and oxygen atoms in total. The monoisotopic (exact) mass is 342 g/mol. The third-order valence-corrected chi connectivity index (χ3v) is 4.49. The molecule has 0 radical (unpaired) electrons. The van der Waals surface area contributed by atoms with Gasteiger partial charge in [-0.25, -0.2) is 4.39 Å². The Hall–Kier alpha value is -2.72. The number of terminal acetylenes is 1. The second-order valence-corrected chi connectivity index (χ2v) is 6.49. The summed E-state index contributed by atoms with van der Waals surface area (Å²) in [5.74, 6) is 1.74. The van der Waals surface area contributed by atoms with Crippen molar-refractivity contribution in [3.63, 3.8) is 0 Å². The summed E-state index contributed by atoms with van der Waals surface area (Å²) in [7, 11) is 0. The molecule has 24 heavy (non-hydrogen) atoms. The van der Waals surface area contributed by atoms with E-state index in [2.05, 4.69) is 16.0 Å². The van der Waals surface area contributed by atoms with Gasteiger partial charge in [0.15, 0.2) is 10.5 Å². The molecule has 0 spiro atoms. The van der Waals surface area contributed by atoms with E-state index in [1.807, 2.05) is 13.8 Å². The molecule has 3 rings (SSSR count). The SMILES string of the molecule is C#CCn1c(=NC(=O)c2ccn(C(C)C)n2)sc2cc(F)ccc21. The first-order chi connectivity index (χ1) is 11.5. The lowest BCUT2D eigenvalue weighted by Gasteiger charge is -2.02. The first-order valence-corrected chi connectivity index (χ1v) is 8.18. The summed E-state index contributed by atoms with van der Waals surface area (Å²) in [5, 5.41) is 4.22. The van der Waals surface area contributed by atoms with Crippen LogP contribution in [0.4, 0.5) is 4.39 Å². The van der Waals surface area contributed by atoms with Crippen molar-refractivity contribution in [2.75, 3.05) is 0 Å². The predicted octanol–water partition coefficient (Wildman–Crippen LogP) is 2.99. The Balaban J connectivity index is 2.09. The third-order valence-electron chi connectivity index (χ3n) is 3.45. The number of hydrogen-bond donors (Lipinski definition) is 0. The molecule has 0 aliphatic rings.